The fourth-order valence-corrected chi connectivity index (χ4v) is 4.61. The molecule has 0 radical (unpaired) electrons. The Morgan fingerprint density at radius 1 is 1.19 bits per heavy atom. The average molecular weight is 345 g/mol. The van der Waals surface area contributed by atoms with Crippen molar-refractivity contribution in [2.24, 2.45) is 0 Å². The predicted octanol–water partition coefficient (Wildman–Crippen LogP) is 2.56. The predicted molar refractivity (Wildman–Crippen MR) is 87.3 cm³/mol. The zero-order valence-corrected chi connectivity index (χ0v) is 14.0. The Hall–Kier alpha value is -0.920. The molecule has 0 amide bonds. The van der Waals surface area contributed by atoms with Gasteiger partial charge in [-0.1, -0.05) is 18.2 Å². The fraction of sp³-hybridized carbons (Fsp3) is 0.286. The first-order valence-electron chi connectivity index (χ1n) is 6.42. The SMILES string of the molecule is Cc1ccc(S(=O)(=O)NCc2ccc3c(c2)CNC3)s1.Cl. The van der Waals surface area contributed by atoms with Gasteiger partial charge in [0.05, 0.1) is 0 Å². The second-order valence-electron chi connectivity index (χ2n) is 4.90. The van der Waals surface area contributed by atoms with E-state index in [-0.39, 0.29) is 12.4 Å². The number of thiophene rings is 1. The van der Waals surface area contributed by atoms with Crippen LogP contribution in [-0.4, -0.2) is 8.42 Å². The number of fused-ring (bicyclic) bond motifs is 1. The van der Waals surface area contributed by atoms with Crippen molar-refractivity contribution in [1.29, 1.82) is 0 Å². The molecule has 7 heteroatoms. The van der Waals surface area contributed by atoms with Gasteiger partial charge in [0, 0.05) is 24.5 Å². The minimum atomic E-state index is -3.40. The van der Waals surface area contributed by atoms with E-state index in [4.69, 9.17) is 0 Å². The number of benzene rings is 1. The van der Waals surface area contributed by atoms with Gasteiger partial charge in [-0.25, -0.2) is 13.1 Å². The van der Waals surface area contributed by atoms with Gasteiger partial charge in [0.2, 0.25) is 10.0 Å². The van der Waals surface area contributed by atoms with Crippen LogP contribution >= 0.6 is 23.7 Å². The van der Waals surface area contributed by atoms with Crippen molar-refractivity contribution in [2.45, 2.75) is 30.8 Å². The number of hydrogen-bond acceptors (Lipinski definition) is 4. The standard InChI is InChI=1S/C14H16N2O2S2.ClH/c1-10-2-5-14(19-10)20(17,18)16-7-11-3-4-12-8-15-9-13(12)6-11;/h2-6,15-16H,7-9H2,1H3;1H. The van der Waals surface area contributed by atoms with Gasteiger partial charge in [-0.05, 0) is 35.7 Å². The summed E-state index contributed by atoms with van der Waals surface area (Å²) in [4.78, 5) is 0.994. The molecular weight excluding hydrogens is 328 g/mol. The van der Waals surface area contributed by atoms with Gasteiger partial charge >= 0.3 is 0 Å². The molecule has 2 N–H and O–H groups in total. The van der Waals surface area contributed by atoms with E-state index in [1.165, 1.54) is 22.5 Å². The Bertz CT molecular complexity index is 741. The molecule has 1 aromatic heterocycles. The lowest BCUT2D eigenvalue weighted by Crippen LogP contribution is -2.22. The first-order chi connectivity index (χ1) is 9.54. The number of sulfonamides is 1. The Balaban J connectivity index is 0.00000161. The number of halogens is 1. The molecule has 0 atom stereocenters. The minimum Gasteiger partial charge on any atom is -0.309 e. The molecule has 1 aliphatic heterocycles. The van der Waals surface area contributed by atoms with Crippen molar-refractivity contribution in [2.75, 3.05) is 0 Å². The maximum absolute atomic E-state index is 12.1. The monoisotopic (exact) mass is 344 g/mol. The molecule has 0 bridgehead atoms. The van der Waals surface area contributed by atoms with E-state index < -0.39 is 10.0 Å². The van der Waals surface area contributed by atoms with Gasteiger partial charge in [-0.3, -0.25) is 0 Å². The van der Waals surface area contributed by atoms with Crippen molar-refractivity contribution in [1.82, 2.24) is 10.0 Å². The third-order valence-electron chi connectivity index (χ3n) is 3.35. The summed E-state index contributed by atoms with van der Waals surface area (Å²) in [5.41, 5.74) is 3.54. The van der Waals surface area contributed by atoms with Crippen LogP contribution in [-0.2, 0) is 29.7 Å². The molecule has 2 aromatic rings. The van der Waals surface area contributed by atoms with E-state index in [2.05, 4.69) is 22.2 Å². The van der Waals surface area contributed by atoms with Gasteiger partial charge < -0.3 is 5.32 Å². The normalized spacial score (nSPS) is 13.8. The minimum absolute atomic E-state index is 0. The molecule has 0 fully saturated rings. The lowest BCUT2D eigenvalue weighted by molar-refractivity contribution is 0.583. The van der Waals surface area contributed by atoms with Crippen LogP contribution in [0.3, 0.4) is 0 Å². The first-order valence-corrected chi connectivity index (χ1v) is 8.72. The molecular formula is C14H17ClN2O2S2. The van der Waals surface area contributed by atoms with Crippen LogP contribution in [0.2, 0.25) is 0 Å². The lowest BCUT2D eigenvalue weighted by Gasteiger charge is -2.06. The van der Waals surface area contributed by atoms with E-state index >= 15 is 0 Å². The summed E-state index contributed by atoms with van der Waals surface area (Å²) in [5.74, 6) is 0. The molecule has 0 aliphatic carbocycles. The Labute approximate surface area is 135 Å². The van der Waals surface area contributed by atoms with E-state index in [1.54, 1.807) is 6.07 Å². The van der Waals surface area contributed by atoms with Crippen LogP contribution in [0.1, 0.15) is 21.6 Å². The van der Waals surface area contributed by atoms with Crippen molar-refractivity contribution < 1.29 is 8.42 Å². The van der Waals surface area contributed by atoms with Gasteiger partial charge in [0.15, 0.2) is 0 Å². The maximum atomic E-state index is 12.1. The van der Waals surface area contributed by atoms with E-state index in [0.717, 1.165) is 23.5 Å². The first kappa shape index (κ1) is 16.5. The molecule has 1 aromatic carbocycles. The Kier molecular flexibility index (Phi) is 5.06. The number of rotatable bonds is 4. The van der Waals surface area contributed by atoms with Crippen LogP contribution in [0, 0.1) is 6.92 Å². The van der Waals surface area contributed by atoms with Crippen LogP contribution in [0.15, 0.2) is 34.5 Å². The van der Waals surface area contributed by atoms with Crippen LogP contribution < -0.4 is 10.0 Å². The van der Waals surface area contributed by atoms with Gasteiger partial charge in [-0.2, -0.15) is 0 Å². The zero-order valence-electron chi connectivity index (χ0n) is 11.5. The molecule has 1 aliphatic rings. The van der Waals surface area contributed by atoms with Gasteiger partial charge in [0.1, 0.15) is 4.21 Å². The molecule has 0 saturated carbocycles. The highest BCUT2D eigenvalue weighted by Crippen LogP contribution is 2.21. The Morgan fingerprint density at radius 3 is 2.67 bits per heavy atom. The maximum Gasteiger partial charge on any atom is 0.250 e. The average Bonchev–Trinajstić information content (AvgIpc) is 3.04. The molecule has 114 valence electrons. The summed E-state index contributed by atoms with van der Waals surface area (Å²) in [7, 11) is -3.40. The van der Waals surface area contributed by atoms with Gasteiger partial charge in [-0.15, -0.1) is 23.7 Å². The molecule has 0 spiro atoms. The number of hydrogen-bond donors (Lipinski definition) is 2. The summed E-state index contributed by atoms with van der Waals surface area (Å²) in [5, 5.41) is 3.28. The van der Waals surface area contributed by atoms with E-state index in [0.29, 0.717) is 10.8 Å². The van der Waals surface area contributed by atoms with Crippen molar-refractivity contribution in [3.63, 3.8) is 0 Å². The summed E-state index contributed by atoms with van der Waals surface area (Å²) in [6.07, 6.45) is 0. The summed E-state index contributed by atoms with van der Waals surface area (Å²) >= 11 is 1.29. The number of nitrogens with one attached hydrogen (secondary N) is 2. The Morgan fingerprint density at radius 2 is 1.95 bits per heavy atom. The third kappa shape index (κ3) is 3.64. The number of aryl methyl sites for hydroxylation is 1. The quantitative estimate of drug-likeness (QED) is 0.896. The highest BCUT2D eigenvalue weighted by atomic mass is 35.5. The van der Waals surface area contributed by atoms with Gasteiger partial charge in [0.25, 0.3) is 0 Å². The van der Waals surface area contributed by atoms with E-state index in [9.17, 15) is 8.42 Å². The third-order valence-corrected chi connectivity index (χ3v) is 6.24. The smallest absolute Gasteiger partial charge is 0.250 e. The summed E-state index contributed by atoms with van der Waals surface area (Å²) in [6, 6.07) is 9.58. The lowest BCUT2D eigenvalue weighted by atomic mass is 10.1. The molecule has 21 heavy (non-hydrogen) atoms. The highest BCUT2D eigenvalue weighted by molar-refractivity contribution is 7.91. The summed E-state index contributed by atoms with van der Waals surface area (Å²) < 4.78 is 27.3. The second-order valence-corrected chi connectivity index (χ2v) is 8.18. The zero-order chi connectivity index (χ0) is 14.2. The van der Waals surface area contributed by atoms with Crippen LogP contribution in [0.5, 0.6) is 0 Å². The van der Waals surface area contributed by atoms with Crippen LogP contribution in [0.4, 0.5) is 0 Å². The molecule has 0 saturated heterocycles. The van der Waals surface area contributed by atoms with Crippen molar-refractivity contribution in [3.8, 4) is 0 Å². The largest absolute Gasteiger partial charge is 0.309 e. The summed E-state index contributed by atoms with van der Waals surface area (Å²) in [6.45, 7) is 3.99. The molecule has 2 heterocycles. The van der Waals surface area contributed by atoms with E-state index in [1.807, 2.05) is 19.1 Å². The topological polar surface area (TPSA) is 58.2 Å². The van der Waals surface area contributed by atoms with Crippen molar-refractivity contribution >= 4 is 33.8 Å². The highest BCUT2D eigenvalue weighted by Gasteiger charge is 2.16. The fourth-order valence-electron chi connectivity index (χ4n) is 2.26. The van der Waals surface area contributed by atoms with Crippen LogP contribution in [0.25, 0.3) is 0 Å². The molecule has 4 nitrogen and oxygen atoms in total. The molecule has 3 rings (SSSR count). The molecule has 0 unspecified atom stereocenters. The van der Waals surface area contributed by atoms with Crippen molar-refractivity contribution in [3.05, 3.63) is 51.9 Å². The second kappa shape index (κ2) is 6.46.